The van der Waals surface area contributed by atoms with Crippen LogP contribution in [-0.4, -0.2) is 39.1 Å². The van der Waals surface area contributed by atoms with Crippen molar-refractivity contribution in [3.63, 3.8) is 0 Å². The van der Waals surface area contributed by atoms with Crippen molar-refractivity contribution in [1.82, 2.24) is 14.7 Å². The Kier molecular flexibility index (Phi) is 5.77. The highest BCUT2D eigenvalue weighted by Crippen LogP contribution is 2.38. The minimum atomic E-state index is -0.977. The SMILES string of the molecule is C[C@H]1O[C@H](c2cn(-c3ccc(F)c(F)c3)nc2-c2ccsc2)N(CCc2ccc3c(c2)=CC(=O)N=3)C1=O. The molecule has 37 heavy (non-hydrogen) atoms. The molecule has 4 heterocycles. The fourth-order valence-electron chi connectivity index (χ4n) is 4.60. The minimum absolute atomic E-state index is 0.153. The fourth-order valence-corrected chi connectivity index (χ4v) is 5.25. The van der Waals surface area contributed by atoms with Crippen molar-refractivity contribution < 1.29 is 23.1 Å². The lowest BCUT2D eigenvalue weighted by Gasteiger charge is -2.23. The van der Waals surface area contributed by atoms with Gasteiger partial charge in [0.25, 0.3) is 11.8 Å². The Morgan fingerprint density at radius 3 is 2.73 bits per heavy atom. The van der Waals surface area contributed by atoms with Gasteiger partial charge in [-0.25, -0.2) is 18.5 Å². The summed E-state index contributed by atoms with van der Waals surface area (Å²) in [6, 6.07) is 11.1. The fraction of sp³-hybridized carbons (Fsp3) is 0.185. The zero-order valence-electron chi connectivity index (χ0n) is 19.6. The van der Waals surface area contributed by atoms with Gasteiger partial charge < -0.3 is 9.64 Å². The standard InChI is InChI=1S/C27H20F2N4O3S/c1-15-26(35)32(8-6-16-2-5-23-18(10-16)11-24(34)30-23)27(36-15)20-13-33(19-3-4-21(28)22(29)12-19)31-25(20)17-7-9-37-14-17/h2-5,7,9-15,27H,6,8H2,1H3/t15-,27-/m1/s1. The number of fused-ring (bicyclic) bond motifs is 1. The molecule has 2 atom stereocenters. The number of rotatable bonds is 6. The molecule has 4 aromatic rings. The maximum Gasteiger partial charge on any atom is 0.270 e. The van der Waals surface area contributed by atoms with Gasteiger partial charge in [0.15, 0.2) is 17.9 Å². The van der Waals surface area contributed by atoms with Crippen molar-refractivity contribution >= 4 is 29.2 Å². The molecule has 6 rings (SSSR count). The number of amides is 2. The average Bonchev–Trinajstić information content (AvgIpc) is 3.66. The van der Waals surface area contributed by atoms with Crippen LogP contribution in [0.1, 0.15) is 24.3 Å². The molecule has 1 fully saturated rings. The molecule has 10 heteroatoms. The molecule has 2 aliphatic rings. The van der Waals surface area contributed by atoms with Gasteiger partial charge in [-0.05, 0) is 54.6 Å². The van der Waals surface area contributed by atoms with Crippen LogP contribution in [0.5, 0.6) is 0 Å². The third-order valence-corrected chi connectivity index (χ3v) is 7.14. The number of carbonyl (C=O) groups excluding carboxylic acids is 2. The summed E-state index contributed by atoms with van der Waals surface area (Å²) in [5, 5.41) is 9.91. The maximum absolute atomic E-state index is 14.0. The molecule has 186 valence electrons. The van der Waals surface area contributed by atoms with Crippen molar-refractivity contribution in [3.8, 4) is 16.9 Å². The van der Waals surface area contributed by atoms with Gasteiger partial charge in [-0.2, -0.15) is 16.4 Å². The molecule has 0 unspecified atom stereocenters. The van der Waals surface area contributed by atoms with Crippen LogP contribution in [0.4, 0.5) is 8.78 Å². The first kappa shape index (κ1) is 23.4. The number of nitrogens with zero attached hydrogens (tertiary/aromatic N) is 4. The first-order valence-electron chi connectivity index (χ1n) is 11.6. The van der Waals surface area contributed by atoms with Crippen LogP contribution in [0.15, 0.2) is 64.4 Å². The Balaban J connectivity index is 1.35. The Morgan fingerprint density at radius 1 is 1.08 bits per heavy atom. The number of aromatic nitrogens is 2. The first-order valence-corrected chi connectivity index (χ1v) is 12.6. The van der Waals surface area contributed by atoms with Crippen LogP contribution < -0.4 is 10.6 Å². The highest BCUT2D eigenvalue weighted by molar-refractivity contribution is 7.08. The van der Waals surface area contributed by atoms with Crippen molar-refractivity contribution in [3.05, 3.63) is 92.8 Å². The molecule has 0 spiro atoms. The van der Waals surface area contributed by atoms with Crippen LogP contribution in [0.2, 0.25) is 0 Å². The van der Waals surface area contributed by atoms with Gasteiger partial charge in [0.05, 0.1) is 11.0 Å². The van der Waals surface area contributed by atoms with E-state index in [-0.39, 0.29) is 11.8 Å². The van der Waals surface area contributed by atoms with Crippen LogP contribution in [0.25, 0.3) is 23.0 Å². The lowest BCUT2D eigenvalue weighted by molar-refractivity contribution is -0.130. The lowest BCUT2D eigenvalue weighted by atomic mass is 10.1. The minimum Gasteiger partial charge on any atom is -0.341 e. The summed E-state index contributed by atoms with van der Waals surface area (Å²) in [5.74, 6) is -2.35. The molecule has 0 bridgehead atoms. The van der Waals surface area contributed by atoms with E-state index in [1.165, 1.54) is 28.2 Å². The zero-order valence-corrected chi connectivity index (χ0v) is 20.4. The molecule has 0 N–H and O–H groups in total. The van der Waals surface area contributed by atoms with E-state index >= 15 is 0 Å². The lowest BCUT2D eigenvalue weighted by Crippen LogP contribution is -2.32. The van der Waals surface area contributed by atoms with Crippen LogP contribution >= 0.6 is 11.3 Å². The molecular weight excluding hydrogens is 498 g/mol. The summed E-state index contributed by atoms with van der Waals surface area (Å²) in [6.45, 7) is 2.08. The smallest absolute Gasteiger partial charge is 0.270 e. The second kappa shape index (κ2) is 9.13. The molecule has 2 aromatic heterocycles. The van der Waals surface area contributed by atoms with Gasteiger partial charge in [-0.15, -0.1) is 0 Å². The molecule has 2 aliphatic heterocycles. The largest absolute Gasteiger partial charge is 0.341 e. The quantitative estimate of drug-likeness (QED) is 0.393. The van der Waals surface area contributed by atoms with E-state index in [9.17, 15) is 18.4 Å². The monoisotopic (exact) mass is 518 g/mol. The normalized spacial score (nSPS) is 18.7. The summed E-state index contributed by atoms with van der Waals surface area (Å²) >= 11 is 1.50. The van der Waals surface area contributed by atoms with Crippen molar-refractivity contribution in [2.75, 3.05) is 6.54 Å². The number of ether oxygens (including phenoxy) is 1. The van der Waals surface area contributed by atoms with Gasteiger partial charge in [-0.3, -0.25) is 9.59 Å². The van der Waals surface area contributed by atoms with E-state index < -0.39 is 24.0 Å². The molecule has 1 saturated heterocycles. The second-order valence-electron chi connectivity index (χ2n) is 8.89. The van der Waals surface area contributed by atoms with E-state index in [0.29, 0.717) is 35.3 Å². The predicted octanol–water partition coefficient (Wildman–Crippen LogP) is 3.31. The Morgan fingerprint density at radius 2 is 1.95 bits per heavy atom. The number of hydrogen-bond donors (Lipinski definition) is 0. The molecule has 0 aliphatic carbocycles. The van der Waals surface area contributed by atoms with Gasteiger partial charge >= 0.3 is 0 Å². The number of thiophene rings is 1. The molecule has 0 saturated carbocycles. The van der Waals surface area contributed by atoms with E-state index in [2.05, 4.69) is 10.1 Å². The maximum atomic E-state index is 14.0. The summed E-state index contributed by atoms with van der Waals surface area (Å²) in [5.41, 5.74) is 3.38. The van der Waals surface area contributed by atoms with Crippen molar-refractivity contribution in [1.29, 1.82) is 0 Å². The average molecular weight is 519 g/mol. The van der Waals surface area contributed by atoms with E-state index in [0.717, 1.165) is 28.5 Å². The molecular formula is C27H20F2N4O3S. The van der Waals surface area contributed by atoms with Crippen LogP contribution in [0, 0.1) is 11.6 Å². The van der Waals surface area contributed by atoms with E-state index in [4.69, 9.17) is 4.74 Å². The van der Waals surface area contributed by atoms with E-state index in [1.807, 2.05) is 29.0 Å². The molecule has 0 radical (unpaired) electrons. The van der Waals surface area contributed by atoms with Crippen LogP contribution in [-0.2, 0) is 20.7 Å². The van der Waals surface area contributed by atoms with Crippen LogP contribution in [0.3, 0.4) is 0 Å². The van der Waals surface area contributed by atoms with Crippen molar-refractivity contribution in [2.45, 2.75) is 25.7 Å². The van der Waals surface area contributed by atoms with Gasteiger partial charge in [0.1, 0.15) is 11.8 Å². The third-order valence-electron chi connectivity index (χ3n) is 6.46. The number of halogens is 2. The topological polar surface area (TPSA) is 76.8 Å². The van der Waals surface area contributed by atoms with Crippen molar-refractivity contribution in [2.24, 2.45) is 4.99 Å². The Labute approximate surface area is 213 Å². The Hall–Kier alpha value is -4.02. The second-order valence-corrected chi connectivity index (χ2v) is 9.67. The van der Waals surface area contributed by atoms with E-state index in [1.54, 1.807) is 24.1 Å². The summed E-state index contributed by atoms with van der Waals surface area (Å²) < 4.78 is 35.1. The summed E-state index contributed by atoms with van der Waals surface area (Å²) in [6.07, 6.45) is 2.36. The first-order chi connectivity index (χ1) is 17.9. The number of hydrogen-bond acceptors (Lipinski definition) is 5. The zero-order chi connectivity index (χ0) is 25.7. The predicted molar refractivity (Wildman–Crippen MR) is 132 cm³/mol. The highest BCUT2D eigenvalue weighted by atomic mass is 32.1. The highest BCUT2D eigenvalue weighted by Gasteiger charge is 2.40. The molecule has 2 aromatic carbocycles. The summed E-state index contributed by atoms with van der Waals surface area (Å²) in [4.78, 5) is 30.3. The van der Waals surface area contributed by atoms with Gasteiger partial charge in [0, 0.05) is 46.6 Å². The number of carbonyl (C=O) groups is 2. The number of benzene rings is 2. The molecule has 7 nitrogen and oxygen atoms in total. The summed E-state index contributed by atoms with van der Waals surface area (Å²) in [7, 11) is 0. The third kappa shape index (κ3) is 4.28. The Bertz CT molecular complexity index is 1670. The molecule has 2 amide bonds. The van der Waals surface area contributed by atoms with Gasteiger partial charge in [-0.1, -0.05) is 6.07 Å². The van der Waals surface area contributed by atoms with Gasteiger partial charge in [0.2, 0.25) is 0 Å².